The second-order valence-corrected chi connectivity index (χ2v) is 6.99. The van der Waals surface area contributed by atoms with E-state index in [0.717, 1.165) is 11.3 Å². The molecule has 0 unspecified atom stereocenters. The van der Waals surface area contributed by atoms with Gasteiger partial charge in [-0.15, -0.1) is 0 Å². The first kappa shape index (κ1) is 18.2. The van der Waals surface area contributed by atoms with E-state index in [2.05, 4.69) is 5.32 Å². The van der Waals surface area contributed by atoms with Crippen molar-refractivity contribution in [3.63, 3.8) is 0 Å². The Morgan fingerprint density at radius 1 is 1.04 bits per heavy atom. The second-order valence-electron chi connectivity index (χ2n) is 6.99. The van der Waals surface area contributed by atoms with E-state index in [1.165, 1.54) is 7.11 Å². The fourth-order valence-electron chi connectivity index (χ4n) is 4.06. The quantitative estimate of drug-likeness (QED) is 0.879. The van der Waals surface area contributed by atoms with Crippen molar-refractivity contribution in [2.75, 3.05) is 39.7 Å². The van der Waals surface area contributed by atoms with Gasteiger partial charge in [0.2, 0.25) is 5.91 Å². The van der Waals surface area contributed by atoms with Crippen LogP contribution in [-0.2, 0) is 10.2 Å². The predicted molar refractivity (Wildman–Crippen MR) is 103 cm³/mol. The molecule has 2 aliphatic rings. The van der Waals surface area contributed by atoms with E-state index in [0.29, 0.717) is 42.3 Å². The summed E-state index contributed by atoms with van der Waals surface area (Å²) in [5, 5.41) is 2.95. The molecule has 146 valence electrons. The van der Waals surface area contributed by atoms with Crippen LogP contribution in [0.5, 0.6) is 17.2 Å². The number of methoxy groups -OCH3 is 3. The number of carbonyl (C=O) groups excluding carboxylic acids is 2. The lowest BCUT2D eigenvalue weighted by Gasteiger charge is -2.23. The Kier molecular flexibility index (Phi) is 4.37. The maximum atomic E-state index is 13.1. The maximum Gasteiger partial charge on any atom is 0.254 e. The molecule has 4 rings (SSSR count). The van der Waals surface area contributed by atoms with Crippen LogP contribution in [0.3, 0.4) is 0 Å². The highest BCUT2D eigenvalue weighted by atomic mass is 16.5. The summed E-state index contributed by atoms with van der Waals surface area (Å²) in [6, 6.07) is 10.6. The minimum atomic E-state index is -0.740. The van der Waals surface area contributed by atoms with Crippen molar-refractivity contribution in [1.29, 1.82) is 0 Å². The number of amides is 2. The number of hydrogen-bond donors (Lipinski definition) is 1. The van der Waals surface area contributed by atoms with Crippen molar-refractivity contribution in [3.05, 3.63) is 47.5 Å². The van der Waals surface area contributed by atoms with Crippen LogP contribution in [0, 0.1) is 0 Å². The number of carbonyl (C=O) groups is 2. The number of benzene rings is 2. The van der Waals surface area contributed by atoms with Crippen LogP contribution in [0.2, 0.25) is 0 Å². The fraction of sp³-hybridized carbons (Fsp3) is 0.333. The maximum absolute atomic E-state index is 13.1. The van der Waals surface area contributed by atoms with Crippen LogP contribution in [0.1, 0.15) is 22.3 Å². The molecule has 1 saturated heterocycles. The van der Waals surface area contributed by atoms with Gasteiger partial charge in [0.05, 0.1) is 26.7 Å². The van der Waals surface area contributed by atoms with Gasteiger partial charge in [-0.2, -0.15) is 0 Å². The number of rotatable bonds is 4. The molecule has 1 atom stereocenters. The summed E-state index contributed by atoms with van der Waals surface area (Å²) in [6.07, 6.45) is 0.567. The molecule has 1 N–H and O–H groups in total. The summed E-state index contributed by atoms with van der Waals surface area (Å²) in [7, 11) is 4.68. The Labute approximate surface area is 163 Å². The largest absolute Gasteiger partial charge is 0.497 e. The zero-order valence-electron chi connectivity index (χ0n) is 16.1. The number of nitrogens with zero attached hydrogens (tertiary/aromatic N) is 1. The van der Waals surface area contributed by atoms with E-state index in [9.17, 15) is 9.59 Å². The van der Waals surface area contributed by atoms with Crippen molar-refractivity contribution in [3.8, 4) is 17.2 Å². The Bertz CT molecular complexity index is 958. The van der Waals surface area contributed by atoms with Gasteiger partial charge < -0.3 is 24.4 Å². The summed E-state index contributed by atoms with van der Waals surface area (Å²) in [6.45, 7) is 0.823. The van der Waals surface area contributed by atoms with E-state index in [1.807, 2.05) is 18.2 Å². The van der Waals surface area contributed by atoms with Crippen LogP contribution in [-0.4, -0.2) is 51.1 Å². The van der Waals surface area contributed by atoms with Gasteiger partial charge in [-0.1, -0.05) is 0 Å². The summed E-state index contributed by atoms with van der Waals surface area (Å²) in [5.41, 5.74) is 1.43. The molecule has 0 aromatic heterocycles. The normalized spacial score (nSPS) is 20.1. The zero-order valence-corrected chi connectivity index (χ0v) is 16.1. The number of fused-ring (bicyclic) bond motifs is 2. The third-order valence-electron chi connectivity index (χ3n) is 5.61. The molecule has 1 spiro atoms. The molecule has 0 aliphatic carbocycles. The summed E-state index contributed by atoms with van der Waals surface area (Å²) >= 11 is 0. The van der Waals surface area contributed by atoms with E-state index >= 15 is 0 Å². The third kappa shape index (κ3) is 2.66. The average Bonchev–Trinajstić information content (AvgIpc) is 3.29. The first-order valence-electron chi connectivity index (χ1n) is 9.03. The molecule has 7 heteroatoms. The molecule has 2 heterocycles. The minimum Gasteiger partial charge on any atom is -0.497 e. The Morgan fingerprint density at radius 3 is 2.54 bits per heavy atom. The lowest BCUT2D eigenvalue weighted by atomic mass is 9.81. The molecular weight excluding hydrogens is 360 g/mol. The highest BCUT2D eigenvalue weighted by molar-refractivity contribution is 6.07. The van der Waals surface area contributed by atoms with Crippen molar-refractivity contribution in [2.45, 2.75) is 11.8 Å². The van der Waals surface area contributed by atoms with Gasteiger partial charge in [-0.05, 0) is 48.4 Å². The molecular formula is C21H22N2O5. The molecule has 0 radical (unpaired) electrons. The highest BCUT2D eigenvalue weighted by Crippen LogP contribution is 2.45. The number of likely N-dealkylation sites (tertiary alicyclic amines) is 1. The first-order valence-corrected chi connectivity index (χ1v) is 9.03. The van der Waals surface area contributed by atoms with E-state index in [4.69, 9.17) is 14.2 Å². The van der Waals surface area contributed by atoms with Gasteiger partial charge in [0, 0.05) is 24.3 Å². The van der Waals surface area contributed by atoms with E-state index < -0.39 is 5.41 Å². The lowest BCUT2D eigenvalue weighted by molar-refractivity contribution is -0.120. The fourth-order valence-corrected chi connectivity index (χ4v) is 4.06. The monoisotopic (exact) mass is 382 g/mol. The van der Waals surface area contributed by atoms with E-state index in [1.54, 1.807) is 37.3 Å². The smallest absolute Gasteiger partial charge is 0.254 e. The van der Waals surface area contributed by atoms with Gasteiger partial charge >= 0.3 is 0 Å². The molecule has 2 aromatic carbocycles. The topological polar surface area (TPSA) is 77.1 Å². The Hall–Kier alpha value is -3.22. The summed E-state index contributed by atoms with van der Waals surface area (Å²) < 4.78 is 15.9. The van der Waals surface area contributed by atoms with Gasteiger partial charge in [0.25, 0.3) is 5.91 Å². The second kappa shape index (κ2) is 6.74. The SMILES string of the molecule is COc1ccc2c(c1)[C@]1(CCN(C(=O)c3ccc(OC)c(OC)c3)C1)C(=O)N2. The van der Waals surface area contributed by atoms with Crippen LogP contribution in [0.4, 0.5) is 5.69 Å². The van der Waals surface area contributed by atoms with Crippen LogP contribution in [0.25, 0.3) is 0 Å². The van der Waals surface area contributed by atoms with Crippen LogP contribution < -0.4 is 19.5 Å². The molecule has 7 nitrogen and oxygen atoms in total. The molecule has 0 saturated carbocycles. The van der Waals surface area contributed by atoms with Crippen molar-refractivity contribution in [2.24, 2.45) is 0 Å². The lowest BCUT2D eigenvalue weighted by Crippen LogP contribution is -2.39. The van der Waals surface area contributed by atoms with E-state index in [-0.39, 0.29) is 11.8 Å². The van der Waals surface area contributed by atoms with Crippen LogP contribution in [0.15, 0.2) is 36.4 Å². The predicted octanol–water partition coefficient (Wildman–Crippen LogP) is 2.45. The molecule has 0 bridgehead atoms. The van der Waals surface area contributed by atoms with Gasteiger partial charge in [-0.25, -0.2) is 0 Å². The highest BCUT2D eigenvalue weighted by Gasteiger charge is 2.52. The van der Waals surface area contributed by atoms with Gasteiger partial charge in [-0.3, -0.25) is 9.59 Å². The van der Waals surface area contributed by atoms with Crippen molar-refractivity contribution >= 4 is 17.5 Å². The average molecular weight is 382 g/mol. The van der Waals surface area contributed by atoms with Crippen molar-refractivity contribution < 1.29 is 23.8 Å². The standard InChI is InChI=1S/C21H22N2O5/c1-26-14-5-6-16-15(11-14)21(20(25)22-16)8-9-23(12-21)19(24)13-4-7-17(27-2)18(10-13)28-3/h4-7,10-11H,8-9,12H2,1-3H3,(H,22,25)/t21-/m1/s1. The Morgan fingerprint density at radius 2 is 1.82 bits per heavy atom. The van der Waals surface area contributed by atoms with Gasteiger partial charge in [0.1, 0.15) is 5.75 Å². The molecule has 2 amide bonds. The summed E-state index contributed by atoms with van der Waals surface area (Å²) in [5.74, 6) is 1.55. The third-order valence-corrected chi connectivity index (χ3v) is 5.61. The number of hydrogen-bond acceptors (Lipinski definition) is 5. The number of ether oxygens (including phenoxy) is 3. The number of anilines is 1. The van der Waals surface area contributed by atoms with Crippen molar-refractivity contribution in [1.82, 2.24) is 4.90 Å². The van der Waals surface area contributed by atoms with Crippen LogP contribution >= 0.6 is 0 Å². The zero-order chi connectivity index (χ0) is 19.9. The molecule has 2 aromatic rings. The molecule has 1 fully saturated rings. The Balaban J connectivity index is 1.63. The molecule has 2 aliphatic heterocycles. The molecule has 28 heavy (non-hydrogen) atoms. The van der Waals surface area contributed by atoms with Gasteiger partial charge in [0.15, 0.2) is 11.5 Å². The minimum absolute atomic E-state index is 0.0710. The first-order chi connectivity index (χ1) is 13.5. The summed E-state index contributed by atoms with van der Waals surface area (Å²) in [4.78, 5) is 27.6. The number of nitrogens with one attached hydrogen (secondary N) is 1.